The summed E-state index contributed by atoms with van der Waals surface area (Å²) in [5.74, 6) is 0. The molecule has 0 amide bonds. The van der Waals surface area contributed by atoms with Gasteiger partial charge in [0.05, 0.1) is 12.2 Å². The predicted octanol–water partition coefficient (Wildman–Crippen LogP) is 2.36. The highest BCUT2D eigenvalue weighted by atomic mass is 16.3. The molecule has 3 N–H and O–H groups in total. The smallest absolute Gasteiger partial charge is 0.0845 e. The van der Waals surface area contributed by atoms with E-state index in [1.807, 2.05) is 12.1 Å². The highest BCUT2D eigenvalue weighted by Gasteiger charge is 2.27. The molecule has 1 aliphatic heterocycles. The fraction of sp³-hybridized carbons (Fsp3) is 0.636. The van der Waals surface area contributed by atoms with E-state index in [1.54, 1.807) is 0 Å². The molecule has 2 aromatic rings. The molecule has 2 fully saturated rings. The molecule has 4 rings (SSSR count). The maximum Gasteiger partial charge on any atom is 0.0845 e. The maximum absolute atomic E-state index is 10.6. The number of nitrogens with one attached hydrogen (secondary N) is 1. The normalized spacial score (nSPS) is 26.4. The molecule has 1 aromatic carbocycles. The SMILES string of the molecule is O[C@@H](CN1CCC(N[C@H]2CCCC[C@@H]2O)CC1)Cn1ccc2ccccc21. The van der Waals surface area contributed by atoms with Crippen LogP contribution in [0.4, 0.5) is 0 Å². The minimum Gasteiger partial charge on any atom is -0.392 e. The number of fused-ring (bicyclic) bond motifs is 1. The Balaban J connectivity index is 1.23. The van der Waals surface area contributed by atoms with E-state index >= 15 is 0 Å². The second kappa shape index (κ2) is 8.74. The average Bonchev–Trinajstić information content (AvgIpc) is 3.08. The molecule has 0 radical (unpaired) electrons. The standard InChI is InChI=1S/C22H33N3O2/c26-19(16-25-14-9-17-5-1-3-7-21(17)25)15-24-12-10-18(11-13-24)23-20-6-2-4-8-22(20)27/h1,3,5,7,9,14,18-20,22-23,26-27H,2,4,6,8,10-13,15-16H2/t19-,20-,22-/m0/s1. The van der Waals surface area contributed by atoms with Gasteiger partial charge in [0.25, 0.3) is 0 Å². The van der Waals surface area contributed by atoms with Crippen LogP contribution in [0.25, 0.3) is 10.9 Å². The lowest BCUT2D eigenvalue weighted by molar-refractivity contribution is 0.0632. The number of nitrogens with zero attached hydrogens (tertiary/aromatic N) is 2. The molecule has 148 valence electrons. The molecule has 1 aromatic heterocycles. The third-order valence-electron chi connectivity index (χ3n) is 6.32. The second-order valence-electron chi connectivity index (χ2n) is 8.38. The zero-order valence-electron chi connectivity index (χ0n) is 16.1. The summed E-state index contributed by atoms with van der Waals surface area (Å²) < 4.78 is 2.15. The first kappa shape index (κ1) is 18.9. The van der Waals surface area contributed by atoms with Crippen molar-refractivity contribution in [2.45, 2.75) is 69.4 Å². The molecule has 2 heterocycles. The number of aliphatic hydroxyl groups is 2. The van der Waals surface area contributed by atoms with E-state index in [4.69, 9.17) is 0 Å². The van der Waals surface area contributed by atoms with Crippen molar-refractivity contribution in [3.05, 3.63) is 36.5 Å². The molecule has 5 nitrogen and oxygen atoms in total. The summed E-state index contributed by atoms with van der Waals surface area (Å²) in [4.78, 5) is 2.38. The Morgan fingerprint density at radius 2 is 1.78 bits per heavy atom. The zero-order valence-corrected chi connectivity index (χ0v) is 16.1. The molecular weight excluding hydrogens is 338 g/mol. The van der Waals surface area contributed by atoms with E-state index in [-0.39, 0.29) is 18.2 Å². The summed E-state index contributed by atoms with van der Waals surface area (Å²) in [6.07, 6.45) is 8.17. The first-order chi connectivity index (χ1) is 13.2. The molecule has 1 saturated heterocycles. The molecule has 5 heteroatoms. The number of hydrogen-bond acceptors (Lipinski definition) is 4. The summed E-state index contributed by atoms with van der Waals surface area (Å²) in [6, 6.07) is 11.2. The zero-order chi connectivity index (χ0) is 18.6. The molecular formula is C22H33N3O2. The summed E-state index contributed by atoms with van der Waals surface area (Å²) >= 11 is 0. The molecule has 3 atom stereocenters. The minimum atomic E-state index is -0.356. The number of aromatic nitrogens is 1. The van der Waals surface area contributed by atoms with Crippen molar-refractivity contribution >= 4 is 10.9 Å². The van der Waals surface area contributed by atoms with E-state index in [2.05, 4.69) is 39.2 Å². The van der Waals surface area contributed by atoms with E-state index in [9.17, 15) is 10.2 Å². The largest absolute Gasteiger partial charge is 0.392 e. The summed E-state index contributed by atoms with van der Waals surface area (Å²) in [5.41, 5.74) is 1.19. The van der Waals surface area contributed by atoms with Gasteiger partial charge in [-0.05, 0) is 56.3 Å². The Hall–Kier alpha value is -1.40. The van der Waals surface area contributed by atoms with Crippen LogP contribution in [0.2, 0.25) is 0 Å². The molecule has 2 aliphatic rings. The van der Waals surface area contributed by atoms with Crippen molar-refractivity contribution in [1.29, 1.82) is 0 Å². The Morgan fingerprint density at radius 1 is 1.00 bits per heavy atom. The first-order valence-electron chi connectivity index (χ1n) is 10.6. The van der Waals surface area contributed by atoms with Gasteiger partial charge in [-0.15, -0.1) is 0 Å². The van der Waals surface area contributed by atoms with Gasteiger partial charge in [0.15, 0.2) is 0 Å². The highest BCUT2D eigenvalue weighted by molar-refractivity contribution is 5.79. The molecule has 1 saturated carbocycles. The van der Waals surface area contributed by atoms with Crippen LogP contribution >= 0.6 is 0 Å². The average molecular weight is 372 g/mol. The van der Waals surface area contributed by atoms with Crippen molar-refractivity contribution in [3.63, 3.8) is 0 Å². The number of hydrogen-bond donors (Lipinski definition) is 3. The van der Waals surface area contributed by atoms with Gasteiger partial charge in [0, 0.05) is 36.9 Å². The van der Waals surface area contributed by atoms with Gasteiger partial charge in [-0.1, -0.05) is 31.0 Å². The third-order valence-corrected chi connectivity index (χ3v) is 6.32. The summed E-state index contributed by atoms with van der Waals surface area (Å²) in [6.45, 7) is 3.40. The third kappa shape index (κ3) is 4.72. The van der Waals surface area contributed by atoms with Crippen molar-refractivity contribution in [2.24, 2.45) is 0 Å². The number of para-hydroxylation sites is 1. The first-order valence-corrected chi connectivity index (χ1v) is 10.6. The van der Waals surface area contributed by atoms with Crippen LogP contribution in [0, 0.1) is 0 Å². The van der Waals surface area contributed by atoms with E-state index in [0.717, 1.165) is 51.7 Å². The van der Waals surface area contributed by atoms with Crippen LogP contribution in [0.3, 0.4) is 0 Å². The number of β-amino-alcohol motifs (C(OH)–C–C–N with tert-alkyl or cyclic N) is 1. The number of piperidine rings is 1. The molecule has 27 heavy (non-hydrogen) atoms. The topological polar surface area (TPSA) is 60.7 Å². The lowest BCUT2D eigenvalue weighted by Gasteiger charge is -2.37. The van der Waals surface area contributed by atoms with Crippen molar-refractivity contribution in [2.75, 3.05) is 19.6 Å². The fourth-order valence-corrected chi connectivity index (χ4v) is 4.77. The van der Waals surface area contributed by atoms with Gasteiger partial charge in [-0.2, -0.15) is 0 Å². The van der Waals surface area contributed by atoms with E-state index in [0.29, 0.717) is 12.6 Å². The Morgan fingerprint density at radius 3 is 2.59 bits per heavy atom. The van der Waals surface area contributed by atoms with Gasteiger partial charge in [-0.25, -0.2) is 0 Å². The van der Waals surface area contributed by atoms with Gasteiger partial charge in [0.1, 0.15) is 0 Å². The van der Waals surface area contributed by atoms with Gasteiger partial charge < -0.3 is 25.0 Å². The lowest BCUT2D eigenvalue weighted by atomic mass is 9.91. The Labute approximate surface area is 162 Å². The van der Waals surface area contributed by atoms with Crippen LogP contribution in [0.5, 0.6) is 0 Å². The number of likely N-dealkylation sites (tertiary alicyclic amines) is 1. The lowest BCUT2D eigenvalue weighted by Crippen LogP contribution is -2.51. The molecule has 1 aliphatic carbocycles. The van der Waals surface area contributed by atoms with Gasteiger partial charge in [0.2, 0.25) is 0 Å². The summed E-state index contributed by atoms with van der Waals surface area (Å²) in [7, 11) is 0. The van der Waals surface area contributed by atoms with Crippen LogP contribution in [0.15, 0.2) is 36.5 Å². The summed E-state index contributed by atoms with van der Waals surface area (Å²) in [5, 5.41) is 25.7. The second-order valence-corrected chi connectivity index (χ2v) is 8.38. The minimum absolute atomic E-state index is 0.171. The van der Waals surface area contributed by atoms with E-state index in [1.165, 1.54) is 17.3 Å². The Kier molecular flexibility index (Phi) is 6.13. The van der Waals surface area contributed by atoms with E-state index < -0.39 is 0 Å². The van der Waals surface area contributed by atoms with Crippen molar-refractivity contribution in [1.82, 2.24) is 14.8 Å². The monoisotopic (exact) mass is 371 g/mol. The van der Waals surface area contributed by atoms with Crippen molar-refractivity contribution < 1.29 is 10.2 Å². The number of benzene rings is 1. The van der Waals surface area contributed by atoms with Crippen molar-refractivity contribution in [3.8, 4) is 0 Å². The van der Waals surface area contributed by atoms with Crippen LogP contribution in [0.1, 0.15) is 38.5 Å². The van der Waals surface area contributed by atoms with Crippen LogP contribution in [-0.4, -0.2) is 63.6 Å². The Bertz CT molecular complexity index is 723. The quantitative estimate of drug-likeness (QED) is 0.730. The number of aliphatic hydroxyl groups excluding tert-OH is 2. The predicted molar refractivity (Wildman–Crippen MR) is 109 cm³/mol. The van der Waals surface area contributed by atoms with Crippen LogP contribution < -0.4 is 5.32 Å². The fourth-order valence-electron chi connectivity index (χ4n) is 4.77. The maximum atomic E-state index is 10.6. The van der Waals surface area contributed by atoms with Gasteiger partial charge >= 0.3 is 0 Å². The molecule has 0 unspecified atom stereocenters. The molecule has 0 spiro atoms. The molecule has 0 bridgehead atoms. The number of rotatable bonds is 6. The highest BCUT2D eigenvalue weighted by Crippen LogP contribution is 2.21. The van der Waals surface area contributed by atoms with Gasteiger partial charge in [-0.3, -0.25) is 0 Å². The van der Waals surface area contributed by atoms with Crippen LogP contribution in [-0.2, 0) is 6.54 Å².